The fraction of sp³-hybridized carbons (Fsp3) is 0.333. The van der Waals surface area contributed by atoms with E-state index in [0.717, 1.165) is 40.0 Å². The van der Waals surface area contributed by atoms with Gasteiger partial charge in [0.2, 0.25) is 0 Å². The van der Waals surface area contributed by atoms with Crippen LogP contribution in [0.15, 0.2) is 54.2 Å². The van der Waals surface area contributed by atoms with Crippen LogP contribution in [-0.4, -0.2) is 37.7 Å². The van der Waals surface area contributed by atoms with Gasteiger partial charge in [-0.25, -0.2) is 0 Å². The third-order valence-electron chi connectivity index (χ3n) is 4.71. The monoisotopic (exact) mass is 380 g/mol. The zero-order valence-corrected chi connectivity index (χ0v) is 18.1. The number of carbonyl (C=O) groups is 2. The molecule has 0 radical (unpaired) electrons. The average Bonchev–Trinajstić information content (AvgIpc) is 2.67. The summed E-state index contributed by atoms with van der Waals surface area (Å²) in [6.45, 7) is 11.4. The first-order valence-corrected chi connectivity index (χ1v) is 9.43. The molecule has 0 saturated heterocycles. The number of hydrogen-bond acceptors (Lipinski definition) is 3. The van der Waals surface area contributed by atoms with Gasteiger partial charge < -0.3 is 10.2 Å². The largest absolute Gasteiger partial charge is 0.388 e. The highest BCUT2D eigenvalue weighted by molar-refractivity contribution is 6.22. The van der Waals surface area contributed by atoms with Crippen molar-refractivity contribution >= 4 is 28.5 Å². The van der Waals surface area contributed by atoms with Gasteiger partial charge in [0.05, 0.1) is 0 Å². The Morgan fingerprint density at radius 1 is 1.14 bits per heavy atom. The lowest BCUT2D eigenvalue weighted by Gasteiger charge is -2.16. The highest BCUT2D eigenvalue weighted by atomic mass is 16.2. The Labute approximate surface area is 169 Å². The van der Waals surface area contributed by atoms with Crippen molar-refractivity contribution in [2.45, 2.75) is 34.1 Å². The van der Waals surface area contributed by atoms with Gasteiger partial charge in [-0.2, -0.15) is 0 Å². The van der Waals surface area contributed by atoms with Crippen molar-refractivity contribution in [3.63, 3.8) is 0 Å². The van der Waals surface area contributed by atoms with Crippen LogP contribution in [0.3, 0.4) is 0 Å². The highest BCUT2D eigenvalue weighted by Gasteiger charge is 2.15. The Kier molecular flexibility index (Phi) is 8.65. The Morgan fingerprint density at radius 2 is 1.79 bits per heavy atom. The van der Waals surface area contributed by atoms with Crippen LogP contribution in [-0.2, 0) is 9.59 Å². The Hall–Kier alpha value is -2.88. The predicted octanol–water partition coefficient (Wildman–Crippen LogP) is 5.10. The standard InChI is InChI=1S/C24H32N2O2/c1-9-16(3)23(18(5)27)21-15-20(13-14-22(21)25-6)17(4)11-12-19(10-2)24(28)26(7)8/h10-15,25H,2,9H2,1,3-8H3/b17-11+,19-12+,23-16?. The van der Waals surface area contributed by atoms with Crippen LogP contribution in [0, 0.1) is 0 Å². The number of benzene rings is 1. The van der Waals surface area contributed by atoms with Gasteiger partial charge in [-0.3, -0.25) is 9.59 Å². The summed E-state index contributed by atoms with van der Waals surface area (Å²) in [6.07, 6.45) is 6.05. The third-order valence-corrected chi connectivity index (χ3v) is 4.71. The van der Waals surface area contributed by atoms with E-state index >= 15 is 0 Å². The zero-order chi connectivity index (χ0) is 21.4. The number of hydrogen-bond donors (Lipinski definition) is 1. The van der Waals surface area contributed by atoms with Crippen molar-refractivity contribution in [1.82, 2.24) is 4.90 Å². The van der Waals surface area contributed by atoms with Gasteiger partial charge in [0.1, 0.15) is 0 Å². The van der Waals surface area contributed by atoms with E-state index in [1.807, 2.05) is 45.2 Å². The number of likely N-dealkylation sites (N-methyl/N-ethyl adjacent to an activating group) is 1. The predicted molar refractivity (Wildman–Crippen MR) is 120 cm³/mol. The Bertz CT molecular complexity index is 855. The van der Waals surface area contributed by atoms with E-state index in [-0.39, 0.29) is 11.7 Å². The van der Waals surface area contributed by atoms with Gasteiger partial charge in [0.15, 0.2) is 5.78 Å². The van der Waals surface area contributed by atoms with Crippen LogP contribution in [0.4, 0.5) is 5.69 Å². The van der Waals surface area contributed by atoms with Crippen molar-refractivity contribution in [2.24, 2.45) is 0 Å². The first-order chi connectivity index (χ1) is 13.2. The van der Waals surface area contributed by atoms with Crippen LogP contribution < -0.4 is 5.32 Å². The molecule has 0 atom stereocenters. The van der Waals surface area contributed by atoms with Crippen LogP contribution in [0.1, 0.15) is 45.2 Å². The molecular weight excluding hydrogens is 348 g/mol. The summed E-state index contributed by atoms with van der Waals surface area (Å²) in [5.74, 6) is -0.0364. The molecule has 1 rings (SSSR count). The van der Waals surface area contributed by atoms with E-state index in [0.29, 0.717) is 5.57 Å². The maximum atomic E-state index is 12.3. The fourth-order valence-electron chi connectivity index (χ4n) is 2.91. The van der Waals surface area contributed by atoms with Crippen molar-refractivity contribution in [2.75, 3.05) is 26.5 Å². The molecule has 1 aromatic carbocycles. The smallest absolute Gasteiger partial charge is 0.253 e. The third kappa shape index (κ3) is 5.56. The summed E-state index contributed by atoms with van der Waals surface area (Å²) in [6, 6.07) is 6.02. The molecule has 0 bridgehead atoms. The molecule has 150 valence electrons. The van der Waals surface area contributed by atoms with E-state index in [1.54, 1.807) is 33.2 Å². The van der Waals surface area contributed by atoms with Gasteiger partial charge >= 0.3 is 0 Å². The lowest BCUT2D eigenvalue weighted by Crippen LogP contribution is -2.22. The second kappa shape index (κ2) is 10.5. The second-order valence-corrected chi connectivity index (χ2v) is 6.95. The maximum Gasteiger partial charge on any atom is 0.253 e. The SMILES string of the molecule is C=C/C(=C\C=C(/C)c1ccc(NC)c(C(C(C)=O)=C(C)CC)c1)C(=O)N(C)C. The van der Waals surface area contributed by atoms with Crippen molar-refractivity contribution < 1.29 is 9.59 Å². The first-order valence-electron chi connectivity index (χ1n) is 9.43. The highest BCUT2D eigenvalue weighted by Crippen LogP contribution is 2.31. The van der Waals surface area contributed by atoms with Gasteiger partial charge in [0.25, 0.3) is 5.91 Å². The van der Waals surface area contributed by atoms with Crippen molar-refractivity contribution in [1.29, 1.82) is 0 Å². The number of anilines is 1. The lowest BCUT2D eigenvalue weighted by molar-refractivity contribution is -0.124. The Balaban J connectivity index is 3.50. The zero-order valence-electron chi connectivity index (χ0n) is 18.1. The van der Waals surface area contributed by atoms with E-state index in [1.165, 1.54) is 4.90 Å². The van der Waals surface area contributed by atoms with Gasteiger partial charge in [0, 0.05) is 43.5 Å². The number of ketones is 1. The molecule has 0 unspecified atom stereocenters. The first kappa shape index (κ1) is 23.2. The molecule has 0 aliphatic carbocycles. The minimum atomic E-state index is -0.0920. The summed E-state index contributed by atoms with van der Waals surface area (Å²) in [5, 5.41) is 3.18. The van der Waals surface area contributed by atoms with Crippen molar-refractivity contribution in [3.05, 3.63) is 65.3 Å². The van der Waals surface area contributed by atoms with Gasteiger partial charge in [-0.05, 0) is 56.5 Å². The summed E-state index contributed by atoms with van der Waals surface area (Å²) in [7, 11) is 5.28. The molecule has 1 amide bonds. The molecule has 4 heteroatoms. The molecule has 28 heavy (non-hydrogen) atoms. The number of nitrogens with zero attached hydrogens (tertiary/aromatic N) is 1. The topological polar surface area (TPSA) is 49.4 Å². The van der Waals surface area contributed by atoms with Crippen LogP contribution in [0.25, 0.3) is 11.1 Å². The molecule has 0 saturated carbocycles. The molecule has 4 nitrogen and oxygen atoms in total. The fourth-order valence-corrected chi connectivity index (χ4v) is 2.91. The number of Topliss-reactive ketones (excluding diaryl/α,β-unsaturated/α-hetero) is 1. The number of carbonyl (C=O) groups excluding carboxylic acids is 2. The summed E-state index contributed by atoms with van der Waals surface area (Å²) in [5.41, 5.74) is 6.15. The average molecular weight is 381 g/mol. The van der Waals surface area contributed by atoms with E-state index in [4.69, 9.17) is 0 Å². The minimum absolute atomic E-state index is 0.0556. The van der Waals surface area contributed by atoms with Crippen molar-refractivity contribution in [3.8, 4) is 0 Å². The van der Waals surface area contributed by atoms with E-state index in [2.05, 4.69) is 18.8 Å². The van der Waals surface area contributed by atoms with Gasteiger partial charge in [-0.15, -0.1) is 0 Å². The number of allylic oxidation sites excluding steroid dienone is 5. The maximum absolute atomic E-state index is 12.3. The Morgan fingerprint density at radius 3 is 2.25 bits per heavy atom. The summed E-state index contributed by atoms with van der Waals surface area (Å²) >= 11 is 0. The number of rotatable bonds is 8. The van der Waals surface area contributed by atoms with E-state index in [9.17, 15) is 9.59 Å². The van der Waals surface area contributed by atoms with Crippen LogP contribution in [0.5, 0.6) is 0 Å². The lowest BCUT2D eigenvalue weighted by atomic mass is 9.92. The van der Waals surface area contributed by atoms with Crippen LogP contribution >= 0.6 is 0 Å². The molecular formula is C24H32N2O2. The molecule has 0 heterocycles. The van der Waals surface area contributed by atoms with Crippen LogP contribution in [0.2, 0.25) is 0 Å². The normalized spacial score (nSPS) is 13.0. The second-order valence-electron chi connectivity index (χ2n) is 6.95. The minimum Gasteiger partial charge on any atom is -0.388 e. The van der Waals surface area contributed by atoms with Gasteiger partial charge in [-0.1, -0.05) is 37.3 Å². The molecule has 1 N–H and O–H groups in total. The molecule has 1 aromatic rings. The summed E-state index contributed by atoms with van der Waals surface area (Å²) < 4.78 is 0. The molecule has 0 spiro atoms. The molecule has 0 fully saturated rings. The summed E-state index contributed by atoms with van der Waals surface area (Å²) in [4.78, 5) is 26.0. The molecule has 0 aromatic heterocycles. The quantitative estimate of drug-likeness (QED) is 0.504. The van der Waals surface area contributed by atoms with E-state index < -0.39 is 0 Å². The molecule has 0 aliphatic heterocycles. The molecule has 0 aliphatic rings. The number of nitrogens with one attached hydrogen (secondary N) is 1. The number of amides is 1.